The van der Waals surface area contributed by atoms with Crippen molar-refractivity contribution in [3.05, 3.63) is 48.0 Å². The van der Waals surface area contributed by atoms with Crippen LogP contribution in [0.2, 0.25) is 0 Å². The molecular weight excluding hydrogens is 212 g/mol. The summed E-state index contributed by atoms with van der Waals surface area (Å²) in [5.41, 5.74) is 0.828. The molecule has 0 heterocycles. The molecule has 2 rings (SSSR count). The lowest BCUT2D eigenvalue weighted by atomic mass is 10.0. The zero-order valence-electron chi connectivity index (χ0n) is 9.30. The minimum Gasteiger partial charge on any atom is -0.353 e. The SMILES string of the molecule is C#CCOC(C=O)c1ccc2ccccc2c1. The highest BCUT2D eigenvalue weighted by molar-refractivity contribution is 5.83. The van der Waals surface area contributed by atoms with E-state index >= 15 is 0 Å². The highest BCUT2D eigenvalue weighted by Gasteiger charge is 2.10. The van der Waals surface area contributed by atoms with E-state index in [9.17, 15) is 4.79 Å². The Labute approximate surface area is 100 Å². The number of aldehydes is 1. The number of carbonyl (C=O) groups is 1. The molecule has 0 fully saturated rings. The van der Waals surface area contributed by atoms with E-state index in [1.807, 2.05) is 42.5 Å². The van der Waals surface area contributed by atoms with Crippen LogP contribution in [0.15, 0.2) is 42.5 Å². The first kappa shape index (κ1) is 11.4. The Bertz CT molecular complexity index is 566. The molecule has 0 amide bonds. The maximum absolute atomic E-state index is 11.0. The van der Waals surface area contributed by atoms with Crippen molar-refractivity contribution in [3.63, 3.8) is 0 Å². The van der Waals surface area contributed by atoms with E-state index < -0.39 is 6.10 Å². The van der Waals surface area contributed by atoms with Gasteiger partial charge in [-0.2, -0.15) is 0 Å². The number of fused-ring (bicyclic) bond motifs is 1. The van der Waals surface area contributed by atoms with Crippen molar-refractivity contribution in [2.75, 3.05) is 6.61 Å². The summed E-state index contributed by atoms with van der Waals surface area (Å²) in [6.07, 6.45) is 5.29. The fraction of sp³-hybridized carbons (Fsp3) is 0.133. The largest absolute Gasteiger partial charge is 0.353 e. The molecule has 17 heavy (non-hydrogen) atoms. The average Bonchev–Trinajstić information content (AvgIpc) is 2.39. The third-order valence-corrected chi connectivity index (χ3v) is 2.57. The molecule has 2 nitrogen and oxygen atoms in total. The van der Waals surface area contributed by atoms with Gasteiger partial charge in [-0.05, 0) is 22.4 Å². The number of terminal acetylenes is 1. The molecule has 0 aliphatic rings. The molecule has 1 unspecified atom stereocenters. The van der Waals surface area contributed by atoms with E-state index in [2.05, 4.69) is 5.92 Å². The summed E-state index contributed by atoms with van der Waals surface area (Å²) < 4.78 is 5.27. The monoisotopic (exact) mass is 224 g/mol. The Morgan fingerprint density at radius 2 is 2.00 bits per heavy atom. The van der Waals surface area contributed by atoms with Gasteiger partial charge >= 0.3 is 0 Å². The van der Waals surface area contributed by atoms with E-state index in [4.69, 9.17) is 11.2 Å². The first-order valence-electron chi connectivity index (χ1n) is 5.34. The third kappa shape index (κ3) is 2.52. The molecule has 0 N–H and O–H groups in total. The smallest absolute Gasteiger partial charge is 0.153 e. The zero-order chi connectivity index (χ0) is 12.1. The number of benzene rings is 2. The second-order valence-electron chi connectivity index (χ2n) is 3.68. The van der Waals surface area contributed by atoms with E-state index in [0.29, 0.717) is 0 Å². The van der Waals surface area contributed by atoms with Crippen LogP contribution in [0.1, 0.15) is 11.7 Å². The molecule has 0 spiro atoms. The van der Waals surface area contributed by atoms with Gasteiger partial charge in [-0.3, -0.25) is 0 Å². The second kappa shape index (κ2) is 5.29. The summed E-state index contributed by atoms with van der Waals surface area (Å²) in [6.45, 7) is 0.135. The summed E-state index contributed by atoms with van der Waals surface area (Å²) >= 11 is 0. The summed E-state index contributed by atoms with van der Waals surface area (Å²) in [5.74, 6) is 2.36. The molecule has 2 aromatic carbocycles. The van der Waals surface area contributed by atoms with Gasteiger partial charge in [0, 0.05) is 0 Å². The first-order valence-corrected chi connectivity index (χ1v) is 5.34. The van der Waals surface area contributed by atoms with Crippen molar-refractivity contribution in [1.82, 2.24) is 0 Å². The van der Waals surface area contributed by atoms with Gasteiger partial charge < -0.3 is 9.53 Å². The molecule has 0 saturated heterocycles. The highest BCUT2D eigenvalue weighted by Crippen LogP contribution is 2.21. The topological polar surface area (TPSA) is 26.3 Å². The van der Waals surface area contributed by atoms with E-state index in [1.165, 1.54) is 0 Å². The van der Waals surface area contributed by atoms with Gasteiger partial charge in [0.1, 0.15) is 12.7 Å². The van der Waals surface area contributed by atoms with E-state index in [0.717, 1.165) is 22.6 Å². The number of rotatable bonds is 4. The van der Waals surface area contributed by atoms with Crippen molar-refractivity contribution in [1.29, 1.82) is 0 Å². The Morgan fingerprint density at radius 3 is 2.71 bits per heavy atom. The normalized spacial score (nSPS) is 11.9. The summed E-state index contributed by atoms with van der Waals surface area (Å²) in [6, 6.07) is 13.8. The number of ether oxygens (including phenoxy) is 1. The third-order valence-electron chi connectivity index (χ3n) is 2.57. The van der Waals surface area contributed by atoms with Gasteiger partial charge in [0.25, 0.3) is 0 Å². The lowest BCUT2D eigenvalue weighted by molar-refractivity contribution is -0.117. The van der Waals surface area contributed by atoms with Gasteiger partial charge in [0.2, 0.25) is 0 Å². The van der Waals surface area contributed by atoms with Gasteiger partial charge in [-0.1, -0.05) is 42.3 Å². The van der Waals surface area contributed by atoms with Crippen molar-refractivity contribution < 1.29 is 9.53 Å². The molecule has 0 aliphatic heterocycles. The molecule has 0 aromatic heterocycles. The maximum atomic E-state index is 11.0. The predicted molar refractivity (Wildman–Crippen MR) is 67.5 cm³/mol. The lowest BCUT2D eigenvalue weighted by Gasteiger charge is -2.11. The number of hydrogen-bond acceptors (Lipinski definition) is 2. The fourth-order valence-corrected chi connectivity index (χ4v) is 1.74. The maximum Gasteiger partial charge on any atom is 0.153 e. The first-order chi connectivity index (χ1) is 8.35. The van der Waals surface area contributed by atoms with Crippen LogP contribution in [0, 0.1) is 12.3 Å². The second-order valence-corrected chi connectivity index (χ2v) is 3.68. The molecule has 0 radical (unpaired) electrons. The number of hydrogen-bond donors (Lipinski definition) is 0. The molecular formula is C15H12O2. The van der Waals surface area contributed by atoms with Crippen molar-refractivity contribution >= 4 is 17.1 Å². The molecule has 0 saturated carbocycles. The minimum atomic E-state index is -0.587. The standard InChI is InChI=1S/C15H12O2/c1-2-9-17-15(11-16)14-8-7-12-5-3-4-6-13(12)10-14/h1,3-8,10-11,15H,9H2. The van der Waals surface area contributed by atoms with Crippen LogP contribution >= 0.6 is 0 Å². The molecule has 2 heteroatoms. The van der Waals surface area contributed by atoms with Crippen LogP contribution in [-0.2, 0) is 9.53 Å². The predicted octanol–water partition coefficient (Wildman–Crippen LogP) is 2.73. The lowest BCUT2D eigenvalue weighted by Crippen LogP contribution is -2.05. The van der Waals surface area contributed by atoms with Crippen LogP contribution in [0.25, 0.3) is 10.8 Å². The zero-order valence-corrected chi connectivity index (χ0v) is 9.30. The van der Waals surface area contributed by atoms with Crippen molar-refractivity contribution in [2.24, 2.45) is 0 Å². The molecule has 0 aliphatic carbocycles. The van der Waals surface area contributed by atoms with E-state index in [1.54, 1.807) is 0 Å². The Balaban J connectivity index is 2.34. The van der Waals surface area contributed by atoms with Crippen LogP contribution in [0.5, 0.6) is 0 Å². The van der Waals surface area contributed by atoms with Gasteiger partial charge in [0.15, 0.2) is 6.29 Å². The van der Waals surface area contributed by atoms with E-state index in [-0.39, 0.29) is 6.61 Å². The molecule has 1 atom stereocenters. The minimum absolute atomic E-state index is 0.135. The Morgan fingerprint density at radius 1 is 1.24 bits per heavy atom. The molecule has 84 valence electrons. The quantitative estimate of drug-likeness (QED) is 0.589. The Hall–Kier alpha value is -2.11. The summed E-state index contributed by atoms with van der Waals surface area (Å²) in [7, 11) is 0. The van der Waals surface area contributed by atoms with Gasteiger partial charge in [-0.15, -0.1) is 6.42 Å². The highest BCUT2D eigenvalue weighted by atomic mass is 16.5. The summed E-state index contributed by atoms with van der Waals surface area (Å²) in [4.78, 5) is 11.0. The van der Waals surface area contributed by atoms with Crippen LogP contribution in [0.4, 0.5) is 0 Å². The molecule has 2 aromatic rings. The van der Waals surface area contributed by atoms with Gasteiger partial charge in [-0.25, -0.2) is 0 Å². The van der Waals surface area contributed by atoms with Crippen LogP contribution < -0.4 is 0 Å². The van der Waals surface area contributed by atoms with Crippen molar-refractivity contribution in [2.45, 2.75) is 6.10 Å². The summed E-state index contributed by atoms with van der Waals surface area (Å²) in [5, 5.41) is 2.22. The fourth-order valence-electron chi connectivity index (χ4n) is 1.74. The van der Waals surface area contributed by atoms with Crippen molar-refractivity contribution in [3.8, 4) is 12.3 Å². The average molecular weight is 224 g/mol. The van der Waals surface area contributed by atoms with Crippen LogP contribution in [0.3, 0.4) is 0 Å². The number of carbonyl (C=O) groups excluding carboxylic acids is 1. The molecule has 0 bridgehead atoms. The van der Waals surface area contributed by atoms with Crippen LogP contribution in [-0.4, -0.2) is 12.9 Å². The van der Waals surface area contributed by atoms with Gasteiger partial charge in [0.05, 0.1) is 0 Å². The Kier molecular flexibility index (Phi) is 3.54.